The van der Waals surface area contributed by atoms with Crippen LogP contribution in [0.4, 0.5) is 0 Å². The number of ether oxygens (including phenoxy) is 1. The Morgan fingerprint density at radius 1 is 1.24 bits per heavy atom. The molecule has 0 amide bonds. The Hall–Kier alpha value is -1.44. The molecule has 1 saturated heterocycles. The van der Waals surface area contributed by atoms with Crippen LogP contribution in [-0.2, 0) is 20.5 Å². The van der Waals surface area contributed by atoms with Gasteiger partial charge in [0.2, 0.25) is 10.0 Å². The zero-order chi connectivity index (χ0) is 15.3. The zero-order valence-corrected chi connectivity index (χ0v) is 12.9. The van der Waals surface area contributed by atoms with Crippen LogP contribution in [0, 0.1) is 0 Å². The topological polar surface area (TPSA) is 75.7 Å². The average Bonchev–Trinajstić information content (AvgIpc) is 2.76. The van der Waals surface area contributed by atoms with Gasteiger partial charge in [0.25, 0.3) is 0 Å². The van der Waals surface area contributed by atoms with Crippen LogP contribution >= 0.6 is 0 Å². The molecule has 1 heterocycles. The average molecular weight is 312 g/mol. The Bertz CT molecular complexity index is 575. The molecule has 0 unspecified atom stereocenters. The lowest BCUT2D eigenvalue weighted by Gasteiger charge is -2.19. The minimum atomic E-state index is -3.32. The largest absolute Gasteiger partial charge is 0.465 e. The number of sulfonamides is 1. The Morgan fingerprint density at radius 3 is 2.62 bits per heavy atom. The summed E-state index contributed by atoms with van der Waals surface area (Å²) in [4.78, 5) is 11.3. The van der Waals surface area contributed by atoms with E-state index in [0.717, 1.165) is 13.0 Å². The van der Waals surface area contributed by atoms with Crippen LogP contribution in [0.15, 0.2) is 24.3 Å². The van der Waals surface area contributed by atoms with E-state index in [1.54, 1.807) is 24.3 Å². The molecule has 7 heteroatoms. The van der Waals surface area contributed by atoms with Crippen molar-refractivity contribution in [1.29, 1.82) is 0 Å². The van der Waals surface area contributed by atoms with E-state index in [4.69, 9.17) is 0 Å². The normalized spacial score (nSPS) is 17.2. The summed E-state index contributed by atoms with van der Waals surface area (Å²) in [5, 5.41) is 3.18. The molecule has 1 aliphatic rings. The Balaban J connectivity index is 2.07. The molecule has 2 rings (SSSR count). The molecule has 0 aromatic heterocycles. The minimum absolute atomic E-state index is 0.0472. The Kier molecular flexibility index (Phi) is 5.33. The van der Waals surface area contributed by atoms with E-state index in [-0.39, 0.29) is 5.75 Å². The number of rotatable bonds is 4. The first-order valence-electron chi connectivity index (χ1n) is 6.89. The van der Waals surface area contributed by atoms with E-state index in [2.05, 4.69) is 10.1 Å². The van der Waals surface area contributed by atoms with Crippen molar-refractivity contribution in [1.82, 2.24) is 9.62 Å². The van der Waals surface area contributed by atoms with E-state index < -0.39 is 16.0 Å². The number of methoxy groups -OCH3 is 1. The first-order valence-corrected chi connectivity index (χ1v) is 8.49. The summed E-state index contributed by atoms with van der Waals surface area (Å²) >= 11 is 0. The monoisotopic (exact) mass is 312 g/mol. The second-order valence-corrected chi connectivity index (χ2v) is 6.92. The van der Waals surface area contributed by atoms with Crippen molar-refractivity contribution in [3.8, 4) is 0 Å². The molecule has 1 aromatic rings. The van der Waals surface area contributed by atoms with Crippen LogP contribution in [0.5, 0.6) is 0 Å². The van der Waals surface area contributed by atoms with Crippen LogP contribution in [0.25, 0.3) is 0 Å². The minimum Gasteiger partial charge on any atom is -0.465 e. The molecule has 1 N–H and O–H groups in total. The number of esters is 1. The number of hydrogen-bond donors (Lipinski definition) is 1. The fourth-order valence-electron chi connectivity index (χ4n) is 2.26. The van der Waals surface area contributed by atoms with Crippen molar-refractivity contribution in [2.45, 2.75) is 12.2 Å². The first kappa shape index (κ1) is 15.9. The highest BCUT2D eigenvalue weighted by Crippen LogP contribution is 2.13. The maximum Gasteiger partial charge on any atom is 0.337 e. The third-order valence-electron chi connectivity index (χ3n) is 3.42. The number of hydrogen-bond acceptors (Lipinski definition) is 5. The van der Waals surface area contributed by atoms with Gasteiger partial charge in [-0.25, -0.2) is 17.5 Å². The van der Waals surface area contributed by atoms with E-state index >= 15 is 0 Å². The van der Waals surface area contributed by atoms with Gasteiger partial charge in [0, 0.05) is 19.6 Å². The van der Waals surface area contributed by atoms with E-state index in [0.29, 0.717) is 30.8 Å². The molecule has 1 aromatic carbocycles. The van der Waals surface area contributed by atoms with Gasteiger partial charge in [0.15, 0.2) is 0 Å². The molecule has 21 heavy (non-hydrogen) atoms. The van der Waals surface area contributed by atoms with Gasteiger partial charge in [-0.2, -0.15) is 0 Å². The van der Waals surface area contributed by atoms with Crippen LogP contribution in [-0.4, -0.2) is 52.0 Å². The standard InChI is InChI=1S/C14H20N2O4S/c1-20-14(17)13-5-3-12(4-6-13)11-21(18,19)16-9-2-7-15-8-10-16/h3-6,15H,2,7-11H2,1H3. The molecule has 1 fully saturated rings. The lowest BCUT2D eigenvalue weighted by molar-refractivity contribution is 0.0600. The summed E-state index contributed by atoms with van der Waals surface area (Å²) in [5.74, 6) is -0.475. The van der Waals surface area contributed by atoms with Gasteiger partial charge in [-0.3, -0.25) is 0 Å². The predicted molar refractivity (Wildman–Crippen MR) is 79.5 cm³/mol. The molecule has 0 radical (unpaired) electrons. The summed E-state index contributed by atoms with van der Waals surface area (Å²) < 4.78 is 30.9. The van der Waals surface area contributed by atoms with E-state index in [9.17, 15) is 13.2 Å². The van der Waals surface area contributed by atoms with Gasteiger partial charge < -0.3 is 10.1 Å². The molecule has 1 aliphatic heterocycles. The fraction of sp³-hybridized carbons (Fsp3) is 0.500. The number of benzene rings is 1. The Labute approximate surface area is 125 Å². The van der Waals surface area contributed by atoms with Crippen molar-refractivity contribution >= 4 is 16.0 Å². The first-order chi connectivity index (χ1) is 10.0. The maximum absolute atomic E-state index is 12.4. The van der Waals surface area contributed by atoms with Gasteiger partial charge in [-0.1, -0.05) is 12.1 Å². The molecular weight excluding hydrogens is 292 g/mol. The second kappa shape index (κ2) is 7.02. The number of carbonyl (C=O) groups excluding carboxylic acids is 1. The molecule has 0 atom stereocenters. The molecule has 0 saturated carbocycles. The fourth-order valence-corrected chi connectivity index (χ4v) is 3.83. The summed E-state index contributed by atoms with van der Waals surface area (Å²) in [5.41, 5.74) is 1.08. The van der Waals surface area contributed by atoms with Crippen molar-refractivity contribution in [3.05, 3.63) is 35.4 Å². The lowest BCUT2D eigenvalue weighted by atomic mass is 10.1. The van der Waals surface area contributed by atoms with Crippen molar-refractivity contribution < 1.29 is 17.9 Å². The number of nitrogens with one attached hydrogen (secondary N) is 1. The molecular formula is C14H20N2O4S. The third kappa shape index (κ3) is 4.26. The number of carbonyl (C=O) groups is 1. The van der Waals surface area contributed by atoms with Crippen molar-refractivity contribution in [2.75, 3.05) is 33.3 Å². The summed E-state index contributed by atoms with van der Waals surface area (Å²) in [6.07, 6.45) is 0.820. The smallest absolute Gasteiger partial charge is 0.337 e. The highest BCUT2D eigenvalue weighted by molar-refractivity contribution is 7.88. The van der Waals surface area contributed by atoms with Crippen LogP contribution < -0.4 is 5.32 Å². The highest BCUT2D eigenvalue weighted by atomic mass is 32.2. The van der Waals surface area contributed by atoms with Gasteiger partial charge in [0.05, 0.1) is 18.4 Å². The summed E-state index contributed by atoms with van der Waals surface area (Å²) in [6, 6.07) is 6.47. The summed E-state index contributed by atoms with van der Waals surface area (Å²) in [6.45, 7) is 2.58. The lowest BCUT2D eigenvalue weighted by Crippen LogP contribution is -2.35. The molecule has 6 nitrogen and oxygen atoms in total. The van der Waals surface area contributed by atoms with Crippen LogP contribution in [0.3, 0.4) is 0 Å². The zero-order valence-electron chi connectivity index (χ0n) is 12.0. The predicted octanol–water partition coefficient (Wildman–Crippen LogP) is 0.598. The van der Waals surface area contributed by atoms with Gasteiger partial charge in [-0.05, 0) is 30.7 Å². The van der Waals surface area contributed by atoms with Crippen LogP contribution in [0.2, 0.25) is 0 Å². The van der Waals surface area contributed by atoms with Crippen molar-refractivity contribution in [2.24, 2.45) is 0 Å². The molecule has 0 spiro atoms. The van der Waals surface area contributed by atoms with Crippen LogP contribution in [0.1, 0.15) is 22.3 Å². The molecule has 0 aliphatic carbocycles. The highest BCUT2D eigenvalue weighted by Gasteiger charge is 2.23. The molecule has 116 valence electrons. The van der Waals surface area contributed by atoms with Gasteiger partial charge >= 0.3 is 5.97 Å². The quantitative estimate of drug-likeness (QED) is 0.824. The van der Waals surface area contributed by atoms with Gasteiger partial charge in [-0.15, -0.1) is 0 Å². The van der Waals surface area contributed by atoms with Gasteiger partial charge in [0.1, 0.15) is 0 Å². The maximum atomic E-state index is 12.4. The van der Waals surface area contributed by atoms with E-state index in [1.807, 2.05) is 0 Å². The third-order valence-corrected chi connectivity index (χ3v) is 5.27. The SMILES string of the molecule is COC(=O)c1ccc(CS(=O)(=O)N2CCCNCC2)cc1. The summed E-state index contributed by atoms with van der Waals surface area (Å²) in [7, 11) is -2.01. The van der Waals surface area contributed by atoms with E-state index in [1.165, 1.54) is 11.4 Å². The molecule has 0 bridgehead atoms. The second-order valence-electron chi connectivity index (χ2n) is 4.95. The van der Waals surface area contributed by atoms with Crippen molar-refractivity contribution in [3.63, 3.8) is 0 Å². The Morgan fingerprint density at radius 2 is 1.95 bits per heavy atom. The number of nitrogens with zero attached hydrogens (tertiary/aromatic N) is 1.